The molecule has 37 heavy (non-hydrogen) atoms. The summed E-state index contributed by atoms with van der Waals surface area (Å²) in [5.41, 5.74) is 12.1. The minimum atomic E-state index is -0.278. The Morgan fingerprint density at radius 1 is 0.946 bits per heavy atom. The third kappa shape index (κ3) is 5.81. The molecule has 1 aromatic heterocycles. The number of aromatic nitrogens is 1. The standard InChI is InChI=1S/C23H24N4O.C7H6N2/c1-16-13-22(27-12-4-11-23(27,2)28-3)20-10-9-19(14-21(20)25-16)26-18-7-5-17(15-24)6-8-18;8-5-6-1-3-7(9)4-2-6/h5-10,13-14,26H,4,11-12H2,1-3H3;1-4H,9H2/t23-;/m0./s1. The van der Waals surface area contributed by atoms with Crippen molar-refractivity contribution >= 4 is 33.7 Å². The average Bonchev–Trinajstić information content (AvgIpc) is 3.31. The van der Waals surface area contributed by atoms with Gasteiger partial charge in [0.1, 0.15) is 5.72 Å². The summed E-state index contributed by atoms with van der Waals surface area (Å²) in [5, 5.41) is 21.8. The molecular weight excluding hydrogens is 460 g/mol. The molecule has 0 bridgehead atoms. The van der Waals surface area contributed by atoms with Gasteiger partial charge < -0.3 is 20.7 Å². The summed E-state index contributed by atoms with van der Waals surface area (Å²) in [4.78, 5) is 7.12. The van der Waals surface area contributed by atoms with Crippen LogP contribution in [-0.2, 0) is 4.74 Å². The summed E-state index contributed by atoms with van der Waals surface area (Å²) in [6.07, 6.45) is 2.14. The molecule has 1 aliphatic heterocycles. The number of nitriles is 2. The summed E-state index contributed by atoms with van der Waals surface area (Å²) in [6, 6.07) is 26.8. The third-order valence-electron chi connectivity index (χ3n) is 6.58. The molecule has 7 heteroatoms. The number of benzene rings is 3. The van der Waals surface area contributed by atoms with Gasteiger partial charge in [0.15, 0.2) is 0 Å². The fourth-order valence-corrected chi connectivity index (χ4v) is 4.52. The Morgan fingerprint density at radius 2 is 1.57 bits per heavy atom. The van der Waals surface area contributed by atoms with Gasteiger partial charge in [0.05, 0.1) is 34.5 Å². The van der Waals surface area contributed by atoms with Gasteiger partial charge in [-0.05, 0) is 99.5 Å². The lowest BCUT2D eigenvalue weighted by molar-refractivity contribution is 0.0157. The minimum Gasteiger partial charge on any atom is -0.399 e. The van der Waals surface area contributed by atoms with E-state index in [4.69, 9.17) is 26.0 Å². The van der Waals surface area contributed by atoms with Crippen LogP contribution in [0.5, 0.6) is 0 Å². The molecule has 3 aromatic carbocycles. The molecule has 2 heterocycles. The van der Waals surface area contributed by atoms with Crippen LogP contribution in [-0.4, -0.2) is 24.4 Å². The number of aryl methyl sites for hydroxylation is 1. The molecule has 0 aliphatic carbocycles. The maximum absolute atomic E-state index is 8.94. The zero-order valence-electron chi connectivity index (χ0n) is 21.3. The number of nitrogens with zero attached hydrogens (tertiary/aromatic N) is 4. The van der Waals surface area contributed by atoms with Crippen molar-refractivity contribution in [1.29, 1.82) is 10.5 Å². The largest absolute Gasteiger partial charge is 0.399 e. The van der Waals surface area contributed by atoms with Gasteiger partial charge in [0.2, 0.25) is 0 Å². The molecule has 1 atom stereocenters. The smallest absolute Gasteiger partial charge is 0.137 e. The van der Waals surface area contributed by atoms with Crippen molar-refractivity contribution in [2.24, 2.45) is 0 Å². The minimum absolute atomic E-state index is 0.278. The van der Waals surface area contributed by atoms with Gasteiger partial charge in [-0.15, -0.1) is 0 Å². The van der Waals surface area contributed by atoms with Gasteiger partial charge >= 0.3 is 0 Å². The number of anilines is 4. The third-order valence-corrected chi connectivity index (χ3v) is 6.58. The Bertz CT molecular complexity index is 1470. The number of hydrogen-bond acceptors (Lipinski definition) is 7. The van der Waals surface area contributed by atoms with Crippen LogP contribution in [0.3, 0.4) is 0 Å². The van der Waals surface area contributed by atoms with Crippen LogP contribution in [0.25, 0.3) is 10.9 Å². The van der Waals surface area contributed by atoms with Gasteiger partial charge in [-0.3, -0.25) is 4.98 Å². The highest BCUT2D eigenvalue weighted by Gasteiger charge is 2.37. The van der Waals surface area contributed by atoms with Crippen LogP contribution in [0.1, 0.15) is 36.6 Å². The predicted molar refractivity (Wildman–Crippen MR) is 148 cm³/mol. The molecule has 0 unspecified atom stereocenters. The molecule has 3 N–H and O–H groups in total. The lowest BCUT2D eigenvalue weighted by Crippen LogP contribution is -2.43. The molecule has 186 valence electrons. The van der Waals surface area contributed by atoms with Crippen molar-refractivity contribution in [1.82, 2.24) is 4.98 Å². The molecule has 4 aromatic rings. The molecule has 7 nitrogen and oxygen atoms in total. The summed E-state index contributed by atoms with van der Waals surface area (Å²) in [5.74, 6) is 0. The first kappa shape index (κ1) is 25.5. The van der Waals surface area contributed by atoms with Crippen LogP contribution < -0.4 is 16.0 Å². The van der Waals surface area contributed by atoms with E-state index in [1.807, 2.05) is 37.3 Å². The molecular formula is C30H30N6O. The van der Waals surface area contributed by atoms with E-state index in [9.17, 15) is 0 Å². The lowest BCUT2D eigenvalue weighted by Gasteiger charge is -2.36. The van der Waals surface area contributed by atoms with Crippen molar-refractivity contribution in [2.75, 3.05) is 29.6 Å². The van der Waals surface area contributed by atoms with E-state index in [2.05, 4.69) is 47.5 Å². The Balaban J connectivity index is 0.000000301. The highest BCUT2D eigenvalue weighted by atomic mass is 16.5. The van der Waals surface area contributed by atoms with Gasteiger partial charge in [0, 0.05) is 41.8 Å². The molecule has 5 rings (SSSR count). The zero-order chi connectivity index (χ0) is 26.4. The number of ether oxygens (including phenoxy) is 1. The Labute approximate surface area is 217 Å². The molecule has 0 radical (unpaired) electrons. The van der Waals surface area contributed by atoms with Crippen molar-refractivity contribution < 1.29 is 4.74 Å². The maximum Gasteiger partial charge on any atom is 0.137 e. The first-order chi connectivity index (χ1) is 17.8. The van der Waals surface area contributed by atoms with Gasteiger partial charge in [-0.2, -0.15) is 10.5 Å². The van der Waals surface area contributed by atoms with E-state index in [-0.39, 0.29) is 5.72 Å². The van der Waals surface area contributed by atoms with Crippen LogP contribution >= 0.6 is 0 Å². The number of pyridine rings is 1. The molecule has 1 fully saturated rings. The number of methoxy groups -OCH3 is 1. The number of hydrogen-bond donors (Lipinski definition) is 2. The Kier molecular flexibility index (Phi) is 7.57. The second-order valence-corrected chi connectivity index (χ2v) is 9.20. The topological polar surface area (TPSA) is 111 Å². The normalized spacial score (nSPS) is 16.4. The van der Waals surface area contributed by atoms with Crippen LogP contribution in [0.2, 0.25) is 0 Å². The fraction of sp³-hybridized carbons (Fsp3) is 0.233. The highest BCUT2D eigenvalue weighted by Crippen LogP contribution is 2.39. The van der Waals surface area contributed by atoms with Crippen molar-refractivity contribution in [3.8, 4) is 12.1 Å². The molecule has 1 saturated heterocycles. The number of fused-ring (bicyclic) bond motifs is 1. The Morgan fingerprint density at radius 3 is 2.19 bits per heavy atom. The van der Waals surface area contributed by atoms with Crippen LogP contribution in [0.15, 0.2) is 72.8 Å². The average molecular weight is 491 g/mol. The summed E-state index contributed by atoms with van der Waals surface area (Å²) in [7, 11) is 1.79. The number of nitrogens with two attached hydrogens (primary N) is 1. The van der Waals surface area contributed by atoms with E-state index in [1.54, 1.807) is 31.4 Å². The van der Waals surface area contributed by atoms with Gasteiger partial charge in [0.25, 0.3) is 0 Å². The van der Waals surface area contributed by atoms with Crippen molar-refractivity contribution in [2.45, 2.75) is 32.4 Å². The van der Waals surface area contributed by atoms with E-state index in [0.29, 0.717) is 16.8 Å². The molecule has 0 saturated carbocycles. The van der Waals surface area contributed by atoms with E-state index >= 15 is 0 Å². The lowest BCUT2D eigenvalue weighted by atomic mass is 10.1. The second kappa shape index (κ2) is 11.0. The first-order valence-corrected chi connectivity index (χ1v) is 12.1. The second-order valence-electron chi connectivity index (χ2n) is 9.20. The molecule has 1 aliphatic rings. The monoisotopic (exact) mass is 490 g/mol. The zero-order valence-corrected chi connectivity index (χ0v) is 21.3. The highest BCUT2D eigenvalue weighted by molar-refractivity contribution is 5.94. The maximum atomic E-state index is 8.94. The van der Waals surface area contributed by atoms with Crippen LogP contribution in [0, 0.1) is 29.6 Å². The summed E-state index contributed by atoms with van der Waals surface area (Å²) in [6.45, 7) is 5.17. The SMILES string of the molecule is CO[C@@]1(C)CCCN1c1cc(C)nc2cc(Nc3ccc(C#N)cc3)ccc12.N#Cc1ccc(N)cc1. The molecule has 0 amide bonds. The number of nitrogen functional groups attached to an aromatic ring is 1. The Hall–Kier alpha value is -4.59. The quantitative estimate of drug-likeness (QED) is 0.325. The van der Waals surface area contributed by atoms with E-state index < -0.39 is 0 Å². The van der Waals surface area contributed by atoms with Crippen LogP contribution in [0.4, 0.5) is 22.7 Å². The van der Waals surface area contributed by atoms with Gasteiger partial charge in [-0.1, -0.05) is 0 Å². The fourth-order valence-electron chi connectivity index (χ4n) is 4.52. The van der Waals surface area contributed by atoms with E-state index in [1.165, 1.54) is 5.69 Å². The predicted octanol–water partition coefficient (Wildman–Crippen LogP) is 6.26. The summed E-state index contributed by atoms with van der Waals surface area (Å²) >= 11 is 0. The number of rotatable bonds is 4. The van der Waals surface area contributed by atoms with Gasteiger partial charge in [-0.25, -0.2) is 0 Å². The molecule has 0 spiro atoms. The number of nitrogens with one attached hydrogen (secondary N) is 1. The van der Waals surface area contributed by atoms with Crippen molar-refractivity contribution in [3.05, 3.63) is 89.6 Å². The van der Waals surface area contributed by atoms with E-state index in [0.717, 1.165) is 47.4 Å². The summed E-state index contributed by atoms with van der Waals surface area (Å²) < 4.78 is 5.85. The first-order valence-electron chi connectivity index (χ1n) is 12.1. The van der Waals surface area contributed by atoms with Crippen molar-refractivity contribution in [3.63, 3.8) is 0 Å².